The summed E-state index contributed by atoms with van der Waals surface area (Å²) in [5, 5.41) is 0. The van der Waals surface area contributed by atoms with Gasteiger partial charge in [-0.2, -0.15) is 8.78 Å². The SMILES string of the molecule is O=CCCCn1c(=O)cnc2ccc(OC(F)F)cc21. The van der Waals surface area contributed by atoms with Gasteiger partial charge in [0.15, 0.2) is 0 Å². The van der Waals surface area contributed by atoms with Crippen LogP contribution in [0.25, 0.3) is 11.0 Å². The van der Waals surface area contributed by atoms with Crippen molar-refractivity contribution in [1.29, 1.82) is 0 Å². The number of aldehydes is 1. The molecule has 0 aliphatic carbocycles. The summed E-state index contributed by atoms with van der Waals surface area (Å²) in [5.41, 5.74) is 0.552. The molecule has 0 bridgehead atoms. The average molecular weight is 282 g/mol. The highest BCUT2D eigenvalue weighted by atomic mass is 19.3. The molecule has 0 spiro atoms. The van der Waals surface area contributed by atoms with Gasteiger partial charge < -0.3 is 14.1 Å². The molecule has 0 fully saturated rings. The third kappa shape index (κ3) is 3.17. The van der Waals surface area contributed by atoms with Crippen LogP contribution >= 0.6 is 0 Å². The van der Waals surface area contributed by atoms with Crippen LogP contribution in [0.15, 0.2) is 29.2 Å². The van der Waals surface area contributed by atoms with Gasteiger partial charge in [0, 0.05) is 19.0 Å². The van der Waals surface area contributed by atoms with E-state index in [2.05, 4.69) is 9.72 Å². The van der Waals surface area contributed by atoms with Crippen molar-refractivity contribution in [3.05, 3.63) is 34.7 Å². The Bertz CT molecular complexity index is 670. The van der Waals surface area contributed by atoms with E-state index in [0.717, 1.165) is 12.5 Å². The zero-order valence-electron chi connectivity index (χ0n) is 10.5. The van der Waals surface area contributed by atoms with Crippen LogP contribution in [0.2, 0.25) is 0 Å². The van der Waals surface area contributed by atoms with Crippen LogP contribution in [-0.2, 0) is 11.3 Å². The van der Waals surface area contributed by atoms with Gasteiger partial charge in [-0.3, -0.25) is 4.79 Å². The number of alkyl halides is 2. The summed E-state index contributed by atoms with van der Waals surface area (Å²) in [4.78, 5) is 26.0. The lowest BCUT2D eigenvalue weighted by atomic mass is 10.2. The molecule has 0 amide bonds. The Morgan fingerprint density at radius 2 is 2.20 bits per heavy atom. The maximum absolute atomic E-state index is 12.2. The maximum Gasteiger partial charge on any atom is 0.387 e. The molecule has 0 saturated heterocycles. The number of aromatic nitrogens is 2. The number of aryl methyl sites for hydroxylation is 1. The molecule has 0 radical (unpaired) electrons. The van der Waals surface area contributed by atoms with E-state index >= 15 is 0 Å². The number of benzene rings is 1. The van der Waals surface area contributed by atoms with Crippen LogP contribution in [-0.4, -0.2) is 22.4 Å². The van der Waals surface area contributed by atoms with Crippen LogP contribution in [0.3, 0.4) is 0 Å². The first-order chi connectivity index (χ1) is 9.61. The molecule has 1 aromatic heterocycles. The van der Waals surface area contributed by atoms with Crippen LogP contribution in [0.5, 0.6) is 5.75 Å². The van der Waals surface area contributed by atoms with Crippen molar-refractivity contribution in [3.8, 4) is 5.75 Å². The highest BCUT2D eigenvalue weighted by Crippen LogP contribution is 2.20. The molecule has 0 atom stereocenters. The van der Waals surface area contributed by atoms with Crippen molar-refractivity contribution in [2.75, 3.05) is 0 Å². The normalized spacial score (nSPS) is 10.9. The van der Waals surface area contributed by atoms with Gasteiger partial charge >= 0.3 is 6.61 Å². The minimum atomic E-state index is -2.93. The number of hydrogen-bond acceptors (Lipinski definition) is 4. The summed E-state index contributed by atoms with van der Waals surface area (Å²) >= 11 is 0. The van der Waals surface area contributed by atoms with Gasteiger partial charge in [0.1, 0.15) is 12.0 Å². The molecule has 20 heavy (non-hydrogen) atoms. The van der Waals surface area contributed by atoms with E-state index in [0.29, 0.717) is 30.4 Å². The van der Waals surface area contributed by atoms with E-state index in [1.165, 1.54) is 22.8 Å². The first-order valence-electron chi connectivity index (χ1n) is 6.00. The Balaban J connectivity index is 2.44. The number of halogens is 2. The lowest BCUT2D eigenvalue weighted by Gasteiger charge is -2.10. The number of rotatable bonds is 6. The predicted molar refractivity (Wildman–Crippen MR) is 67.9 cm³/mol. The quantitative estimate of drug-likeness (QED) is 0.600. The molecule has 7 heteroatoms. The summed E-state index contributed by atoms with van der Waals surface area (Å²) < 4.78 is 30.1. The third-order valence-corrected chi connectivity index (χ3v) is 2.75. The van der Waals surface area contributed by atoms with Gasteiger partial charge in [-0.05, 0) is 18.6 Å². The maximum atomic E-state index is 12.2. The molecule has 0 aliphatic heterocycles. The number of unbranched alkanes of at least 4 members (excludes halogenated alkanes) is 1. The smallest absolute Gasteiger partial charge is 0.387 e. The van der Waals surface area contributed by atoms with E-state index in [1.54, 1.807) is 0 Å². The summed E-state index contributed by atoms with van der Waals surface area (Å²) in [6.45, 7) is -2.62. The standard InChI is InChI=1S/C13H12F2N2O3/c14-13(15)20-9-3-4-10-11(7-9)17(5-1-2-6-18)12(19)8-16-10/h3-4,6-8,13H,1-2,5H2. The Morgan fingerprint density at radius 1 is 1.40 bits per heavy atom. The fourth-order valence-electron chi connectivity index (χ4n) is 1.88. The fourth-order valence-corrected chi connectivity index (χ4v) is 1.88. The Labute approximate surface area is 112 Å². The topological polar surface area (TPSA) is 61.2 Å². The van der Waals surface area contributed by atoms with E-state index in [1.807, 2.05) is 0 Å². The molecule has 5 nitrogen and oxygen atoms in total. The molecule has 0 saturated carbocycles. The Hall–Kier alpha value is -2.31. The summed E-state index contributed by atoms with van der Waals surface area (Å²) in [5.74, 6) is -0.0379. The molecule has 0 N–H and O–H groups in total. The fraction of sp³-hybridized carbons (Fsp3) is 0.308. The average Bonchev–Trinajstić information content (AvgIpc) is 2.41. The van der Waals surface area contributed by atoms with Crippen molar-refractivity contribution < 1.29 is 18.3 Å². The zero-order valence-corrected chi connectivity index (χ0v) is 10.5. The Kier molecular flexibility index (Phi) is 4.39. The van der Waals surface area contributed by atoms with Crippen LogP contribution < -0.4 is 10.3 Å². The summed E-state index contributed by atoms with van der Waals surface area (Å²) in [7, 11) is 0. The van der Waals surface area contributed by atoms with E-state index in [9.17, 15) is 18.4 Å². The Morgan fingerprint density at radius 3 is 2.90 bits per heavy atom. The van der Waals surface area contributed by atoms with Gasteiger partial charge in [-0.25, -0.2) is 4.98 Å². The van der Waals surface area contributed by atoms with Gasteiger partial charge in [0.05, 0.1) is 17.2 Å². The molecule has 1 aromatic carbocycles. The minimum absolute atomic E-state index is 0.0379. The van der Waals surface area contributed by atoms with Crippen LogP contribution in [0.1, 0.15) is 12.8 Å². The molecular formula is C13H12F2N2O3. The highest BCUT2D eigenvalue weighted by molar-refractivity contribution is 5.76. The van der Waals surface area contributed by atoms with Gasteiger partial charge in [0.2, 0.25) is 0 Å². The monoisotopic (exact) mass is 282 g/mol. The number of nitrogens with zero attached hydrogens (tertiary/aromatic N) is 2. The molecule has 1 heterocycles. The van der Waals surface area contributed by atoms with Crippen LogP contribution in [0.4, 0.5) is 8.78 Å². The van der Waals surface area contributed by atoms with Gasteiger partial charge in [-0.15, -0.1) is 0 Å². The number of hydrogen-bond donors (Lipinski definition) is 0. The van der Waals surface area contributed by atoms with E-state index in [-0.39, 0.29) is 11.3 Å². The molecule has 0 aliphatic rings. The molecule has 106 valence electrons. The summed E-state index contributed by atoms with van der Waals surface area (Å²) in [6, 6.07) is 4.21. The third-order valence-electron chi connectivity index (χ3n) is 2.75. The zero-order chi connectivity index (χ0) is 14.5. The second kappa shape index (κ2) is 6.23. The van der Waals surface area contributed by atoms with Crippen molar-refractivity contribution in [2.45, 2.75) is 26.0 Å². The second-order valence-electron chi connectivity index (χ2n) is 4.09. The predicted octanol–water partition coefficient (Wildman–Crippen LogP) is 1.98. The molecular weight excluding hydrogens is 270 g/mol. The molecule has 2 rings (SSSR count). The van der Waals surface area contributed by atoms with E-state index in [4.69, 9.17) is 0 Å². The first-order valence-corrected chi connectivity index (χ1v) is 6.00. The molecule has 0 unspecified atom stereocenters. The van der Waals surface area contributed by atoms with Crippen molar-refractivity contribution >= 4 is 17.3 Å². The lowest BCUT2D eigenvalue weighted by molar-refractivity contribution is -0.107. The van der Waals surface area contributed by atoms with Gasteiger partial charge in [0.25, 0.3) is 5.56 Å². The van der Waals surface area contributed by atoms with Gasteiger partial charge in [-0.1, -0.05) is 0 Å². The van der Waals surface area contributed by atoms with Crippen LogP contribution in [0, 0.1) is 0 Å². The van der Waals surface area contributed by atoms with Crippen molar-refractivity contribution in [3.63, 3.8) is 0 Å². The lowest BCUT2D eigenvalue weighted by Crippen LogP contribution is -2.20. The minimum Gasteiger partial charge on any atom is -0.435 e. The largest absolute Gasteiger partial charge is 0.435 e. The second-order valence-corrected chi connectivity index (χ2v) is 4.09. The number of fused-ring (bicyclic) bond motifs is 1. The first kappa shape index (κ1) is 14.1. The van der Waals surface area contributed by atoms with E-state index < -0.39 is 6.61 Å². The summed E-state index contributed by atoms with van der Waals surface area (Å²) in [6.07, 6.45) is 2.74. The van der Waals surface area contributed by atoms with Crippen molar-refractivity contribution in [2.24, 2.45) is 0 Å². The number of carbonyl (C=O) groups excluding carboxylic acids is 1. The highest BCUT2D eigenvalue weighted by Gasteiger charge is 2.09. The number of ether oxygens (including phenoxy) is 1. The molecule has 2 aromatic rings. The number of carbonyl (C=O) groups is 1. The van der Waals surface area contributed by atoms with Crippen molar-refractivity contribution in [1.82, 2.24) is 9.55 Å².